The second-order valence-corrected chi connectivity index (χ2v) is 12.4. The van der Waals surface area contributed by atoms with Crippen molar-refractivity contribution in [2.24, 2.45) is 0 Å². The molecular formula is C20H31N3O5S2. The number of sulfonamides is 1. The first-order valence-corrected chi connectivity index (χ1v) is 13.9. The van der Waals surface area contributed by atoms with Crippen LogP contribution in [0.3, 0.4) is 0 Å². The van der Waals surface area contributed by atoms with Gasteiger partial charge in [-0.15, -0.1) is 0 Å². The van der Waals surface area contributed by atoms with Gasteiger partial charge in [0.15, 0.2) is 9.84 Å². The first kappa shape index (κ1) is 23.2. The number of hydrogen-bond acceptors (Lipinski definition) is 6. The van der Waals surface area contributed by atoms with E-state index in [4.69, 9.17) is 0 Å². The van der Waals surface area contributed by atoms with Gasteiger partial charge in [0.05, 0.1) is 17.3 Å². The third-order valence-corrected chi connectivity index (χ3v) is 9.45. The Bertz CT molecular complexity index is 912. The Morgan fingerprint density at radius 2 is 1.70 bits per heavy atom. The topological polar surface area (TPSA) is 104 Å². The number of carbonyl (C=O) groups is 1. The Labute approximate surface area is 179 Å². The van der Waals surface area contributed by atoms with Gasteiger partial charge in [0.25, 0.3) is 0 Å². The van der Waals surface area contributed by atoms with Crippen LogP contribution in [0.5, 0.6) is 0 Å². The van der Waals surface area contributed by atoms with Gasteiger partial charge in [-0.1, -0.05) is 37.3 Å². The molecule has 30 heavy (non-hydrogen) atoms. The smallest absolute Gasteiger partial charge is 0.242 e. The summed E-state index contributed by atoms with van der Waals surface area (Å²) in [6, 6.07) is 8.74. The van der Waals surface area contributed by atoms with Crippen LogP contribution in [0.1, 0.15) is 37.8 Å². The third kappa shape index (κ3) is 5.81. The molecule has 0 bridgehead atoms. The summed E-state index contributed by atoms with van der Waals surface area (Å²) < 4.78 is 49.7. The van der Waals surface area contributed by atoms with Crippen LogP contribution in [0.4, 0.5) is 0 Å². The molecule has 3 rings (SSSR count). The van der Waals surface area contributed by atoms with E-state index in [0.29, 0.717) is 45.4 Å². The number of carbonyl (C=O) groups excluding carboxylic acids is 1. The zero-order chi connectivity index (χ0) is 21.8. The Kier molecular flexibility index (Phi) is 7.54. The van der Waals surface area contributed by atoms with Crippen molar-refractivity contribution in [3.8, 4) is 0 Å². The van der Waals surface area contributed by atoms with Crippen molar-refractivity contribution < 1.29 is 21.6 Å². The molecule has 1 amide bonds. The minimum atomic E-state index is -3.22. The second kappa shape index (κ2) is 9.76. The van der Waals surface area contributed by atoms with Crippen LogP contribution in [0.25, 0.3) is 0 Å². The van der Waals surface area contributed by atoms with E-state index < -0.39 is 25.9 Å². The molecule has 0 aliphatic carbocycles. The van der Waals surface area contributed by atoms with Crippen LogP contribution in [-0.4, -0.2) is 81.4 Å². The maximum atomic E-state index is 13.2. The Balaban J connectivity index is 1.66. The van der Waals surface area contributed by atoms with Crippen molar-refractivity contribution in [3.05, 3.63) is 35.9 Å². The minimum absolute atomic E-state index is 0.0529. The van der Waals surface area contributed by atoms with Crippen LogP contribution in [0.15, 0.2) is 30.3 Å². The maximum absolute atomic E-state index is 13.2. The van der Waals surface area contributed by atoms with E-state index in [1.165, 1.54) is 4.31 Å². The molecule has 168 valence electrons. The highest BCUT2D eigenvalue weighted by atomic mass is 32.2. The van der Waals surface area contributed by atoms with Gasteiger partial charge in [-0.2, -0.15) is 0 Å². The summed E-state index contributed by atoms with van der Waals surface area (Å²) in [6.07, 6.45) is 1.73. The number of nitrogens with zero attached hydrogens (tertiary/aromatic N) is 2. The summed E-state index contributed by atoms with van der Waals surface area (Å²) in [6.45, 7) is 3.31. The largest absolute Gasteiger partial charge is 0.352 e. The first-order chi connectivity index (χ1) is 14.2. The lowest BCUT2D eigenvalue weighted by molar-refractivity contribution is -0.127. The zero-order valence-electron chi connectivity index (χ0n) is 17.4. The molecule has 0 saturated carbocycles. The van der Waals surface area contributed by atoms with Gasteiger partial charge < -0.3 is 5.32 Å². The van der Waals surface area contributed by atoms with E-state index in [9.17, 15) is 21.6 Å². The lowest BCUT2D eigenvalue weighted by Gasteiger charge is -2.36. The average molecular weight is 458 g/mol. The van der Waals surface area contributed by atoms with Gasteiger partial charge in [0.2, 0.25) is 15.9 Å². The summed E-state index contributed by atoms with van der Waals surface area (Å²) in [5, 5.41) is 3.09. The normalized spacial score (nSPS) is 22.4. The lowest BCUT2D eigenvalue weighted by atomic mass is 10.0. The number of rotatable bonds is 7. The first-order valence-electron chi connectivity index (χ1n) is 10.5. The van der Waals surface area contributed by atoms with E-state index in [-0.39, 0.29) is 29.2 Å². The third-order valence-electron chi connectivity index (χ3n) is 5.76. The summed E-state index contributed by atoms with van der Waals surface area (Å²) in [5.74, 6) is 0.0994. The molecule has 2 aliphatic heterocycles. The molecule has 8 nitrogen and oxygen atoms in total. The molecule has 1 unspecified atom stereocenters. The molecule has 2 saturated heterocycles. The quantitative estimate of drug-likeness (QED) is 0.649. The standard InChI is InChI=1S/C20H31N3O5S2/c1-2-14-30(27,28)23-10-8-18(9-11-23)21-20(24)19(17-6-4-3-5-7-17)22-12-15-29(25,26)16-13-22/h3-7,18-19H,2,8-16H2,1H3,(H,21,24). The lowest BCUT2D eigenvalue weighted by Crippen LogP contribution is -2.52. The van der Waals surface area contributed by atoms with Crippen molar-refractivity contribution in [1.82, 2.24) is 14.5 Å². The minimum Gasteiger partial charge on any atom is -0.352 e. The van der Waals surface area contributed by atoms with Crippen LogP contribution < -0.4 is 5.32 Å². The Morgan fingerprint density at radius 3 is 2.27 bits per heavy atom. The number of benzene rings is 1. The monoisotopic (exact) mass is 457 g/mol. The maximum Gasteiger partial charge on any atom is 0.242 e. The highest BCUT2D eigenvalue weighted by Gasteiger charge is 2.34. The molecule has 0 spiro atoms. The number of amides is 1. The Hall–Kier alpha value is -1.49. The molecule has 1 N–H and O–H groups in total. The van der Waals surface area contributed by atoms with E-state index in [1.807, 2.05) is 42.2 Å². The summed E-state index contributed by atoms with van der Waals surface area (Å²) in [7, 11) is -6.26. The molecule has 1 atom stereocenters. The van der Waals surface area contributed by atoms with Crippen molar-refractivity contribution in [1.29, 1.82) is 0 Å². The van der Waals surface area contributed by atoms with Gasteiger partial charge in [0.1, 0.15) is 6.04 Å². The zero-order valence-corrected chi connectivity index (χ0v) is 19.0. The van der Waals surface area contributed by atoms with Crippen molar-refractivity contribution >= 4 is 25.8 Å². The summed E-state index contributed by atoms with van der Waals surface area (Å²) in [4.78, 5) is 15.1. The molecular weight excluding hydrogens is 426 g/mol. The predicted octanol–water partition coefficient (Wildman–Crippen LogP) is 0.779. The van der Waals surface area contributed by atoms with Crippen molar-refractivity contribution in [2.75, 3.05) is 43.4 Å². The molecule has 1 aromatic rings. The van der Waals surface area contributed by atoms with Crippen LogP contribution >= 0.6 is 0 Å². The number of nitrogens with one attached hydrogen (secondary N) is 1. The van der Waals surface area contributed by atoms with E-state index >= 15 is 0 Å². The predicted molar refractivity (Wildman–Crippen MR) is 116 cm³/mol. The highest BCUT2D eigenvalue weighted by molar-refractivity contribution is 7.91. The van der Waals surface area contributed by atoms with Crippen molar-refractivity contribution in [3.63, 3.8) is 0 Å². The highest BCUT2D eigenvalue weighted by Crippen LogP contribution is 2.24. The van der Waals surface area contributed by atoms with Crippen LogP contribution in [0.2, 0.25) is 0 Å². The van der Waals surface area contributed by atoms with Crippen LogP contribution in [-0.2, 0) is 24.7 Å². The second-order valence-electron chi connectivity index (χ2n) is 8.00. The van der Waals surface area contributed by atoms with E-state index in [0.717, 1.165) is 5.56 Å². The van der Waals surface area contributed by atoms with Gasteiger partial charge in [0, 0.05) is 32.2 Å². The average Bonchev–Trinajstić information content (AvgIpc) is 2.71. The van der Waals surface area contributed by atoms with Gasteiger partial charge in [-0.3, -0.25) is 9.69 Å². The molecule has 0 aromatic heterocycles. The molecule has 2 fully saturated rings. The number of sulfone groups is 1. The van der Waals surface area contributed by atoms with E-state index in [2.05, 4.69) is 5.32 Å². The molecule has 2 heterocycles. The van der Waals surface area contributed by atoms with Crippen molar-refractivity contribution in [2.45, 2.75) is 38.3 Å². The molecule has 2 aliphatic rings. The Morgan fingerprint density at radius 1 is 1.10 bits per heavy atom. The van der Waals surface area contributed by atoms with E-state index in [1.54, 1.807) is 0 Å². The SMILES string of the molecule is CCCS(=O)(=O)N1CCC(NC(=O)C(c2ccccc2)N2CCS(=O)(=O)CC2)CC1. The molecule has 1 aromatic carbocycles. The number of piperidine rings is 1. The van der Waals surface area contributed by atoms with Crippen LogP contribution in [0, 0.1) is 0 Å². The summed E-state index contributed by atoms with van der Waals surface area (Å²) in [5.41, 5.74) is 0.831. The molecule has 0 radical (unpaired) electrons. The fraction of sp³-hybridized carbons (Fsp3) is 0.650. The fourth-order valence-corrected chi connectivity index (χ4v) is 6.86. The van der Waals surface area contributed by atoms with Gasteiger partial charge >= 0.3 is 0 Å². The fourth-order valence-electron chi connectivity index (χ4n) is 4.09. The van der Waals surface area contributed by atoms with Gasteiger partial charge in [-0.25, -0.2) is 21.1 Å². The number of hydrogen-bond donors (Lipinski definition) is 1. The molecule has 10 heteroatoms. The van der Waals surface area contributed by atoms with Gasteiger partial charge in [-0.05, 0) is 24.8 Å². The summed E-state index contributed by atoms with van der Waals surface area (Å²) >= 11 is 0.